The van der Waals surface area contributed by atoms with Crippen LogP contribution in [-0.2, 0) is 14.4 Å². The molecule has 4 rings (SSSR count). The number of nitrogens with one attached hydrogen (secondary N) is 2. The van der Waals surface area contributed by atoms with Crippen molar-refractivity contribution < 1.29 is 19.5 Å². The number of hydrogen-bond acceptors (Lipinski definition) is 4. The number of carbonyl (C=O) groups is 3. The van der Waals surface area contributed by atoms with E-state index in [1.165, 1.54) is 6.92 Å². The van der Waals surface area contributed by atoms with E-state index in [0.29, 0.717) is 16.9 Å². The van der Waals surface area contributed by atoms with E-state index in [1.54, 1.807) is 72.8 Å². The summed E-state index contributed by atoms with van der Waals surface area (Å²) in [6.07, 6.45) is -0.296. The van der Waals surface area contributed by atoms with Gasteiger partial charge in [0.05, 0.1) is 11.5 Å². The van der Waals surface area contributed by atoms with Gasteiger partial charge >= 0.3 is 0 Å². The highest BCUT2D eigenvalue weighted by atomic mass is 16.3. The van der Waals surface area contributed by atoms with Crippen LogP contribution in [0, 0.1) is 11.8 Å². The van der Waals surface area contributed by atoms with Crippen LogP contribution in [0.4, 0.5) is 11.4 Å². The first-order valence-corrected chi connectivity index (χ1v) is 10.9. The van der Waals surface area contributed by atoms with E-state index >= 15 is 0 Å². The standard InChI is InChI=1S/C27H26N2O4/c1-27(33)17-21(30)23(25(31)28-19-13-7-3-8-14-19)22(18-11-5-2-6-12-18)24(27)26(32)29-20-15-9-4-10-16-20/h2-16,22-24,33H,17H2,1H3,(H,28,31)(H,29,32)/t22-,23-,24-,27-/m0/s1. The summed E-state index contributed by atoms with van der Waals surface area (Å²) in [6.45, 7) is 1.49. The average molecular weight is 443 g/mol. The van der Waals surface area contributed by atoms with Gasteiger partial charge in [-0.25, -0.2) is 0 Å². The van der Waals surface area contributed by atoms with Crippen molar-refractivity contribution in [1.29, 1.82) is 0 Å². The maximum Gasteiger partial charge on any atom is 0.235 e. The van der Waals surface area contributed by atoms with Crippen molar-refractivity contribution in [3.8, 4) is 0 Å². The minimum absolute atomic E-state index is 0.296. The summed E-state index contributed by atoms with van der Waals surface area (Å²) in [4.78, 5) is 40.0. The molecule has 4 atom stereocenters. The van der Waals surface area contributed by atoms with Crippen LogP contribution in [0.1, 0.15) is 24.8 Å². The number of rotatable bonds is 5. The summed E-state index contributed by atoms with van der Waals surface area (Å²) >= 11 is 0. The molecular formula is C27H26N2O4. The number of hydrogen-bond donors (Lipinski definition) is 3. The molecule has 0 aliphatic heterocycles. The largest absolute Gasteiger partial charge is 0.389 e. The molecule has 1 saturated carbocycles. The average Bonchev–Trinajstić information content (AvgIpc) is 2.79. The SMILES string of the molecule is C[C@]1(O)CC(=O)[C@H](C(=O)Nc2ccccc2)[C@H](c2ccccc2)[C@H]1C(=O)Nc1ccccc1. The van der Waals surface area contributed by atoms with Crippen LogP contribution >= 0.6 is 0 Å². The molecule has 6 heteroatoms. The zero-order chi connectivity index (χ0) is 23.4. The molecule has 3 aromatic carbocycles. The number of benzene rings is 3. The Morgan fingerprint density at radius 2 is 1.24 bits per heavy atom. The van der Waals surface area contributed by atoms with Gasteiger partial charge < -0.3 is 15.7 Å². The molecule has 0 radical (unpaired) electrons. The first-order valence-electron chi connectivity index (χ1n) is 10.9. The fourth-order valence-electron chi connectivity index (χ4n) is 4.65. The van der Waals surface area contributed by atoms with Gasteiger partial charge in [0.25, 0.3) is 0 Å². The number of anilines is 2. The van der Waals surface area contributed by atoms with E-state index in [4.69, 9.17) is 0 Å². The summed E-state index contributed by atoms with van der Waals surface area (Å²) < 4.78 is 0. The van der Waals surface area contributed by atoms with Gasteiger partial charge in [0.2, 0.25) is 11.8 Å². The predicted molar refractivity (Wildman–Crippen MR) is 127 cm³/mol. The van der Waals surface area contributed by atoms with Crippen molar-refractivity contribution >= 4 is 29.0 Å². The van der Waals surface area contributed by atoms with Crippen molar-refractivity contribution in [2.24, 2.45) is 11.8 Å². The predicted octanol–water partition coefficient (Wildman–Crippen LogP) is 4.00. The molecule has 0 heterocycles. The van der Waals surface area contributed by atoms with Gasteiger partial charge in [-0.05, 0) is 36.8 Å². The van der Waals surface area contributed by atoms with Crippen molar-refractivity contribution in [3.63, 3.8) is 0 Å². The van der Waals surface area contributed by atoms with Crippen LogP contribution in [0.15, 0.2) is 91.0 Å². The Hall–Kier alpha value is -3.77. The highest BCUT2D eigenvalue weighted by Crippen LogP contribution is 2.46. The summed E-state index contributed by atoms with van der Waals surface area (Å²) in [6, 6.07) is 26.8. The van der Waals surface area contributed by atoms with Gasteiger partial charge in [-0.1, -0.05) is 66.7 Å². The van der Waals surface area contributed by atoms with Crippen LogP contribution in [0.3, 0.4) is 0 Å². The highest BCUT2D eigenvalue weighted by molar-refractivity contribution is 6.10. The first kappa shape index (κ1) is 22.4. The van der Waals surface area contributed by atoms with Crippen LogP contribution in [-0.4, -0.2) is 28.3 Å². The highest BCUT2D eigenvalue weighted by Gasteiger charge is 2.55. The number of carbonyl (C=O) groups excluding carboxylic acids is 3. The quantitative estimate of drug-likeness (QED) is 0.521. The summed E-state index contributed by atoms with van der Waals surface area (Å²) in [5.74, 6) is -4.32. The number of aliphatic hydroxyl groups is 1. The van der Waals surface area contributed by atoms with E-state index in [0.717, 1.165) is 0 Å². The minimum atomic E-state index is -1.63. The molecule has 0 spiro atoms. The fourth-order valence-corrected chi connectivity index (χ4v) is 4.65. The Labute approximate surface area is 192 Å². The molecule has 1 aliphatic rings. The summed E-state index contributed by atoms with van der Waals surface area (Å²) in [5.41, 5.74) is 0.157. The molecule has 1 fully saturated rings. The van der Waals surface area contributed by atoms with Crippen LogP contribution in [0.2, 0.25) is 0 Å². The summed E-state index contributed by atoms with van der Waals surface area (Å²) in [7, 11) is 0. The van der Waals surface area contributed by atoms with Gasteiger partial charge in [-0.2, -0.15) is 0 Å². The van der Waals surface area contributed by atoms with Crippen molar-refractivity contribution in [3.05, 3.63) is 96.6 Å². The molecule has 0 bridgehead atoms. The monoisotopic (exact) mass is 442 g/mol. The Balaban J connectivity index is 1.74. The van der Waals surface area contributed by atoms with Crippen LogP contribution in [0.5, 0.6) is 0 Å². The Bertz CT molecular complexity index is 1130. The third-order valence-corrected chi connectivity index (χ3v) is 6.10. The summed E-state index contributed by atoms with van der Waals surface area (Å²) in [5, 5.41) is 16.9. The number of ketones is 1. The van der Waals surface area contributed by atoms with E-state index in [-0.39, 0.29) is 6.42 Å². The van der Waals surface area contributed by atoms with E-state index in [9.17, 15) is 19.5 Å². The molecular weight excluding hydrogens is 416 g/mol. The molecule has 0 unspecified atom stereocenters. The lowest BCUT2D eigenvalue weighted by atomic mass is 9.61. The zero-order valence-corrected chi connectivity index (χ0v) is 18.3. The second-order valence-corrected chi connectivity index (χ2v) is 8.60. The molecule has 1 aliphatic carbocycles. The Morgan fingerprint density at radius 1 is 0.788 bits per heavy atom. The molecule has 0 saturated heterocycles. The van der Waals surface area contributed by atoms with Crippen LogP contribution in [0.25, 0.3) is 0 Å². The third-order valence-electron chi connectivity index (χ3n) is 6.10. The molecule has 33 heavy (non-hydrogen) atoms. The molecule has 168 valence electrons. The van der Waals surface area contributed by atoms with Gasteiger partial charge in [0, 0.05) is 23.7 Å². The maximum atomic E-state index is 13.5. The van der Waals surface area contributed by atoms with Crippen molar-refractivity contribution in [2.45, 2.75) is 24.9 Å². The van der Waals surface area contributed by atoms with Crippen molar-refractivity contribution in [2.75, 3.05) is 10.6 Å². The van der Waals surface area contributed by atoms with Crippen molar-refractivity contribution in [1.82, 2.24) is 0 Å². The molecule has 0 aromatic heterocycles. The van der Waals surface area contributed by atoms with E-state index < -0.39 is 41.0 Å². The van der Waals surface area contributed by atoms with Gasteiger partial charge in [0.1, 0.15) is 11.7 Å². The lowest BCUT2D eigenvalue weighted by Gasteiger charge is -2.44. The zero-order valence-electron chi connectivity index (χ0n) is 18.3. The van der Waals surface area contributed by atoms with Crippen LogP contribution < -0.4 is 10.6 Å². The first-order chi connectivity index (χ1) is 15.9. The second kappa shape index (κ2) is 9.38. The Morgan fingerprint density at radius 3 is 1.76 bits per heavy atom. The smallest absolute Gasteiger partial charge is 0.235 e. The molecule has 2 amide bonds. The van der Waals surface area contributed by atoms with Gasteiger partial charge in [-0.15, -0.1) is 0 Å². The number of Topliss-reactive ketones (excluding diaryl/α,β-unsaturated/α-hetero) is 1. The topological polar surface area (TPSA) is 95.5 Å². The lowest BCUT2D eigenvalue weighted by molar-refractivity contribution is -0.150. The van der Waals surface area contributed by atoms with Gasteiger partial charge in [0.15, 0.2) is 0 Å². The number of para-hydroxylation sites is 2. The normalized spacial score (nSPS) is 24.7. The second-order valence-electron chi connectivity index (χ2n) is 8.60. The van der Waals surface area contributed by atoms with E-state index in [2.05, 4.69) is 10.6 Å². The van der Waals surface area contributed by atoms with E-state index in [1.807, 2.05) is 18.2 Å². The minimum Gasteiger partial charge on any atom is -0.389 e. The fraction of sp³-hybridized carbons (Fsp3) is 0.222. The third kappa shape index (κ3) is 4.86. The maximum absolute atomic E-state index is 13.5. The Kier molecular flexibility index (Phi) is 6.38. The lowest BCUT2D eigenvalue weighted by Crippen LogP contribution is -2.56. The number of amides is 2. The molecule has 3 N–H and O–H groups in total. The van der Waals surface area contributed by atoms with Gasteiger partial charge in [-0.3, -0.25) is 14.4 Å². The molecule has 3 aromatic rings. The molecule has 6 nitrogen and oxygen atoms in total.